The number of nitrogens with zero attached hydrogens (tertiary/aromatic N) is 8. The zero-order valence-electron chi connectivity index (χ0n) is 86.1. The molecule has 1 spiro atoms. The number of pyridine rings is 8. The molecule has 0 atom stereocenters. The predicted molar refractivity (Wildman–Crippen MR) is 572 cm³/mol. The van der Waals surface area contributed by atoms with Crippen molar-refractivity contribution in [2.45, 2.75) is 212 Å². The summed E-state index contributed by atoms with van der Waals surface area (Å²) < 4.78 is 35.3. The van der Waals surface area contributed by atoms with E-state index >= 15 is 0 Å². The molecule has 5 aliphatic carbocycles. The van der Waals surface area contributed by atoms with Crippen LogP contribution < -0.4 is 18.3 Å². The molecule has 1 fully saturated rings. The Kier molecular flexibility index (Phi) is 21.8. The molecule has 0 bridgehead atoms. The van der Waals surface area contributed by atoms with Crippen LogP contribution in [0.5, 0.6) is 0 Å². The van der Waals surface area contributed by atoms with Crippen LogP contribution in [0, 0.1) is 78.1 Å². The van der Waals surface area contributed by atoms with Crippen LogP contribution in [0.4, 0.5) is 0 Å². The van der Waals surface area contributed by atoms with E-state index < -0.39 is 0 Å². The van der Waals surface area contributed by atoms with E-state index in [-0.39, 0.29) is 32.5 Å². The van der Waals surface area contributed by atoms with Gasteiger partial charge in [0.1, 0.15) is 28.2 Å². The molecule has 12 heterocycles. The maximum atomic E-state index is 6.77. The second kappa shape index (κ2) is 33.5. The van der Waals surface area contributed by atoms with E-state index in [1.165, 1.54) is 165 Å². The Labute approximate surface area is 823 Å². The Hall–Kier alpha value is -13.8. The highest BCUT2D eigenvalue weighted by atomic mass is 16.4. The van der Waals surface area contributed by atoms with Crippen molar-refractivity contribution in [3.63, 3.8) is 0 Å². The van der Waals surface area contributed by atoms with Crippen LogP contribution in [0.2, 0.25) is 0 Å². The molecule has 1 saturated carbocycles. The highest BCUT2D eigenvalue weighted by Crippen LogP contribution is 2.62. The van der Waals surface area contributed by atoms with Gasteiger partial charge in [0, 0.05) is 136 Å². The van der Waals surface area contributed by atoms with E-state index in [9.17, 15) is 0 Å². The van der Waals surface area contributed by atoms with Gasteiger partial charge in [-0.3, -0.25) is 0 Å². The zero-order valence-corrected chi connectivity index (χ0v) is 86.1. The van der Waals surface area contributed by atoms with Crippen molar-refractivity contribution in [2.24, 2.45) is 50.9 Å². The second-order valence-electron chi connectivity index (χ2n) is 45.6. The first-order valence-corrected chi connectivity index (χ1v) is 50.6. The van der Waals surface area contributed by atoms with E-state index in [1.807, 2.05) is 6.20 Å². The number of aryl methyl sites for hydroxylation is 12. The van der Waals surface area contributed by atoms with Crippen LogP contribution >= 0.6 is 0 Å². The minimum Gasteiger partial charge on any atom is -0.437 e. The van der Waals surface area contributed by atoms with Gasteiger partial charge in [-0.05, 0) is 229 Å². The fraction of sp³-hybridized carbons (Fsp3) is 0.312. The summed E-state index contributed by atoms with van der Waals surface area (Å²) in [6.45, 7) is 45.3. The van der Waals surface area contributed by atoms with Gasteiger partial charge in [-0.2, -0.15) is 0 Å². The van der Waals surface area contributed by atoms with Gasteiger partial charge in [0.25, 0.3) is 0 Å². The molecule has 0 amide bonds. The van der Waals surface area contributed by atoms with Crippen molar-refractivity contribution < 1.29 is 35.9 Å². The Morgan fingerprint density at radius 2 is 0.643 bits per heavy atom. The lowest BCUT2D eigenvalue weighted by molar-refractivity contribution is -0.660. The van der Waals surface area contributed by atoms with Crippen molar-refractivity contribution in [3.8, 4) is 89.5 Å². The van der Waals surface area contributed by atoms with Gasteiger partial charge in [0.05, 0.1) is 44.7 Å². The average molecular weight is 1840 g/mol. The quantitative estimate of drug-likeness (QED) is 0.124. The van der Waals surface area contributed by atoms with Crippen LogP contribution in [0.15, 0.2) is 261 Å². The van der Waals surface area contributed by atoms with E-state index in [1.54, 1.807) is 0 Å². The molecule has 702 valence electrons. The third-order valence-electron chi connectivity index (χ3n) is 31.4. The molecule has 12 nitrogen and oxygen atoms in total. The largest absolute Gasteiger partial charge is 0.437 e. The number of furan rings is 4. The first-order valence-electron chi connectivity index (χ1n) is 50.6. The molecule has 12 aromatic heterocycles. The summed E-state index contributed by atoms with van der Waals surface area (Å²) >= 11 is 0. The second-order valence-corrected chi connectivity index (χ2v) is 45.6. The smallest absolute Gasteiger partial charge is 0.227 e. The summed E-state index contributed by atoms with van der Waals surface area (Å²) in [6, 6.07) is 77.9. The molecule has 140 heavy (non-hydrogen) atoms. The van der Waals surface area contributed by atoms with Crippen molar-refractivity contribution in [3.05, 3.63) is 333 Å². The fourth-order valence-electron chi connectivity index (χ4n) is 25.8. The number of fused-ring (bicyclic) bond motifs is 27. The highest BCUT2D eigenvalue weighted by molar-refractivity contribution is 6.15. The molecule has 0 saturated heterocycles. The third kappa shape index (κ3) is 14.7. The Morgan fingerprint density at radius 3 is 1.03 bits per heavy atom. The first kappa shape index (κ1) is 91.3. The van der Waals surface area contributed by atoms with Gasteiger partial charge in [-0.15, -0.1) is 0 Å². The monoisotopic (exact) mass is 1840 g/mol. The molecule has 5 aliphatic rings. The van der Waals surface area contributed by atoms with Crippen molar-refractivity contribution in [2.75, 3.05) is 0 Å². The summed E-state index contributed by atoms with van der Waals surface area (Å²) in [5.74, 6) is 1.11. The van der Waals surface area contributed by atoms with E-state index in [0.29, 0.717) is 11.8 Å². The standard InChI is InChI=1S/C36H41N2O.C34H37N2O.C30H27N2O.C28H25N2O/c1-22-16-17-38(9)29(18-22)30-23(2)14-15-25-27-19-26-24-12-10-11-13-28(24)36(20-34(3,4)5,21-35(6,7)8)32(26)37-33(27)39-31(25)30;1-20(2)18-34(19-21(3)4)28-11-9-8-10-24(28)26-17-27-25-13-12-23(6)30(29-16-22(5)14-15-36(29)7)31(25)37-33(27)35-32(26)34;1-18-12-15-32(3)25(16-18)26-19(2)10-11-21-23-17-22-20-8-4-5-9-24(20)30(13-6-7-14-30)28(22)31-29(23)33-27(21)26;1-16-12-13-30(5)22(14-16)23-17(2)10-11-19-24-25-20(15-29-27(24)31-26(19)23)18-8-6-7-9-21(18)28(25,3)4/h10-19H,20-21H2,1-9H3;8-17,20-21H,18-19H2,1-7H3;4-5,8-12,15-17H,6-7,13-14H2,1-3H3;6-15H,1-5H3/q4*+1. The molecule has 0 N–H and O–H groups in total. The number of aromatic nitrogens is 8. The van der Waals surface area contributed by atoms with Gasteiger partial charge < -0.3 is 17.7 Å². The number of benzene rings is 8. The van der Waals surface area contributed by atoms with Crippen molar-refractivity contribution in [1.29, 1.82) is 0 Å². The molecular weight excluding hydrogens is 1710 g/mol. The van der Waals surface area contributed by atoms with Gasteiger partial charge in [-0.25, -0.2) is 38.2 Å². The molecule has 0 radical (unpaired) electrons. The SMILES string of the molecule is Cc1cc[n+](C)c(-c2c(C)ccc3c2oc2nc4c(cc23)-c2ccccc2C4(CC(C)(C)C)CC(C)(C)C)c1.Cc1cc[n+](C)c(-c2c(C)ccc3c2oc2nc4c(cc23)-c2ccccc2C4(CC(C)C)CC(C)C)c1.Cc1cc[n+](C)c(-c2c(C)ccc3c2oc2nc4c(cc23)-c2ccccc2C42CCCC2)c1.Cc1cc[n+](C)c(-c2c(C)ccc3c2oc2ncc4c(c23)C(C)(C)c2ccccc2-4)c1. The molecular formula is C128H130N8O4+4. The minimum atomic E-state index is -0.169. The van der Waals surface area contributed by atoms with Crippen LogP contribution in [-0.2, 0) is 49.9 Å². The summed E-state index contributed by atoms with van der Waals surface area (Å²) in [5.41, 5.74) is 46.6. The average Bonchev–Trinajstić information content (AvgIpc) is 1.55. The van der Waals surface area contributed by atoms with Crippen LogP contribution in [0.3, 0.4) is 0 Å². The van der Waals surface area contributed by atoms with Gasteiger partial charge in [-0.1, -0.05) is 242 Å². The van der Waals surface area contributed by atoms with Crippen LogP contribution in [0.25, 0.3) is 178 Å². The molecule has 20 aromatic rings. The number of hydrogen-bond donors (Lipinski definition) is 0. The Bertz CT molecular complexity index is 8520. The van der Waals surface area contributed by atoms with Crippen molar-refractivity contribution in [1.82, 2.24) is 19.9 Å². The van der Waals surface area contributed by atoms with E-state index in [0.717, 1.165) is 153 Å². The van der Waals surface area contributed by atoms with Crippen molar-refractivity contribution >= 4 is 88.3 Å². The van der Waals surface area contributed by atoms with E-state index in [4.69, 9.17) is 37.6 Å². The lowest BCUT2D eigenvalue weighted by Gasteiger charge is -2.41. The lowest BCUT2D eigenvalue weighted by Crippen LogP contribution is -2.35. The lowest BCUT2D eigenvalue weighted by atomic mass is 9.63. The zero-order chi connectivity index (χ0) is 97.8. The Balaban J connectivity index is 0.000000108. The maximum Gasteiger partial charge on any atom is 0.227 e. The summed E-state index contributed by atoms with van der Waals surface area (Å²) in [7, 11) is 8.40. The maximum absolute atomic E-state index is 6.77. The first-order chi connectivity index (χ1) is 66.9. The van der Waals surface area contributed by atoms with Gasteiger partial charge in [0.15, 0.2) is 47.1 Å². The normalized spacial score (nSPS) is 14.8. The van der Waals surface area contributed by atoms with Gasteiger partial charge in [0.2, 0.25) is 45.6 Å². The minimum absolute atomic E-state index is 0.0564. The molecule has 0 unspecified atom stereocenters. The Morgan fingerprint density at radius 1 is 0.329 bits per heavy atom. The van der Waals surface area contributed by atoms with Crippen LogP contribution in [-0.4, -0.2) is 19.9 Å². The summed E-state index contributed by atoms with van der Waals surface area (Å²) in [6.07, 6.45) is 19.6. The van der Waals surface area contributed by atoms with Crippen LogP contribution in [0.1, 0.15) is 224 Å². The molecule has 25 rings (SSSR count). The van der Waals surface area contributed by atoms with E-state index in [2.05, 4.69) is 422 Å². The number of hydrogen-bond acceptors (Lipinski definition) is 8. The summed E-state index contributed by atoms with van der Waals surface area (Å²) in [5, 5.41) is 9.01. The summed E-state index contributed by atoms with van der Waals surface area (Å²) in [4.78, 5) is 20.9. The molecule has 12 heteroatoms. The third-order valence-corrected chi connectivity index (χ3v) is 31.4. The number of rotatable bonds is 10. The molecule has 0 aliphatic heterocycles. The highest BCUT2D eigenvalue weighted by Gasteiger charge is 2.52. The topological polar surface area (TPSA) is 120 Å². The van der Waals surface area contributed by atoms with Gasteiger partial charge >= 0.3 is 0 Å². The fourth-order valence-corrected chi connectivity index (χ4v) is 25.8. The molecule has 8 aromatic carbocycles. The predicted octanol–water partition coefficient (Wildman–Crippen LogP) is 31.0.